The number of rotatable bonds is 6. The van der Waals surface area contributed by atoms with E-state index in [1.54, 1.807) is 30.3 Å². The van der Waals surface area contributed by atoms with Crippen molar-refractivity contribution >= 4 is 52.5 Å². The van der Waals surface area contributed by atoms with Gasteiger partial charge in [-0.25, -0.2) is 4.85 Å². The largest absolute Gasteiger partial charge is 0.490 e. The first-order valence-corrected chi connectivity index (χ1v) is 21.1. The number of nitrogens with one attached hydrogen (secondary N) is 1. The van der Waals surface area contributed by atoms with Crippen LogP contribution >= 0.6 is 11.6 Å². The Labute approximate surface area is 348 Å². The van der Waals surface area contributed by atoms with E-state index in [1.165, 1.54) is 0 Å². The number of likely N-dealkylation sites (tertiary alicyclic amines) is 1. The molecule has 4 fully saturated rings. The second kappa shape index (κ2) is 16.2. The van der Waals surface area contributed by atoms with Gasteiger partial charge >= 0.3 is 0 Å². The standard InChI is InChI=1S/C46H45ClN6O6/c1-48-40-13-11-35(26-39(40)47)59-34-9-6-32(7-10-34)52-27-30-5-4-29(24-37(30)44(52)56)3-2-28-16-20-50(21-17-28)31-18-22-51(23-19-31)33-8-12-36-38(25-33)46(58)53(45(36)57)41-14-15-42(54)49-43(41)55/h4-5,8,11-13,24-26,28,31-32,34,41H,6-7,9-10,14-23,27H2,(H,49,54,55). The average molecular weight is 813 g/mol. The van der Waals surface area contributed by atoms with Gasteiger partial charge < -0.3 is 19.4 Å². The minimum atomic E-state index is -0.972. The van der Waals surface area contributed by atoms with Crippen LogP contribution < -0.4 is 15.0 Å². The van der Waals surface area contributed by atoms with Gasteiger partial charge in [0.1, 0.15) is 11.8 Å². The Hall–Kier alpha value is -5.69. The van der Waals surface area contributed by atoms with E-state index in [2.05, 4.69) is 37.9 Å². The summed E-state index contributed by atoms with van der Waals surface area (Å²) < 4.78 is 6.18. The van der Waals surface area contributed by atoms with Crippen molar-refractivity contribution in [1.29, 1.82) is 0 Å². The van der Waals surface area contributed by atoms with Crippen molar-refractivity contribution in [1.82, 2.24) is 20.0 Å². The van der Waals surface area contributed by atoms with Crippen molar-refractivity contribution in [3.63, 3.8) is 0 Å². The molecule has 3 saturated heterocycles. The minimum Gasteiger partial charge on any atom is -0.490 e. The summed E-state index contributed by atoms with van der Waals surface area (Å²) in [5, 5.41) is 2.64. The summed E-state index contributed by atoms with van der Waals surface area (Å²) in [6.45, 7) is 11.5. The van der Waals surface area contributed by atoms with Crippen LogP contribution in [0.15, 0.2) is 54.6 Å². The molecular weight excluding hydrogens is 768 g/mol. The van der Waals surface area contributed by atoms with E-state index < -0.39 is 29.7 Å². The van der Waals surface area contributed by atoms with Gasteiger partial charge in [-0.15, -0.1) is 0 Å². The molecule has 6 aliphatic rings. The number of halogens is 1. The molecule has 1 atom stereocenters. The summed E-state index contributed by atoms with van der Waals surface area (Å²) in [7, 11) is 0. The predicted molar refractivity (Wildman–Crippen MR) is 220 cm³/mol. The zero-order valence-electron chi connectivity index (χ0n) is 32.8. The molecule has 5 amide bonds. The van der Waals surface area contributed by atoms with E-state index in [-0.39, 0.29) is 30.9 Å². The number of ether oxygens (including phenoxy) is 1. The lowest BCUT2D eigenvalue weighted by atomic mass is 9.92. The van der Waals surface area contributed by atoms with Crippen LogP contribution in [0.1, 0.15) is 106 Å². The molecule has 302 valence electrons. The number of hydrogen-bond acceptors (Lipinski definition) is 8. The first-order valence-electron chi connectivity index (χ1n) is 20.8. The van der Waals surface area contributed by atoms with Gasteiger partial charge in [0.15, 0.2) is 0 Å². The highest BCUT2D eigenvalue weighted by Gasteiger charge is 2.45. The zero-order valence-corrected chi connectivity index (χ0v) is 33.5. The summed E-state index contributed by atoms with van der Waals surface area (Å²) >= 11 is 6.20. The molecule has 1 aliphatic carbocycles. The number of amides is 5. The van der Waals surface area contributed by atoms with Crippen molar-refractivity contribution in [3.8, 4) is 17.6 Å². The summed E-state index contributed by atoms with van der Waals surface area (Å²) in [6.07, 6.45) is 7.71. The lowest BCUT2D eigenvalue weighted by Gasteiger charge is -2.42. The lowest BCUT2D eigenvalue weighted by molar-refractivity contribution is -0.136. The van der Waals surface area contributed by atoms with Crippen molar-refractivity contribution in [3.05, 3.63) is 98.9 Å². The van der Waals surface area contributed by atoms with Crippen molar-refractivity contribution in [2.45, 2.75) is 95.0 Å². The molecule has 0 aromatic heterocycles. The fourth-order valence-electron chi connectivity index (χ4n) is 9.75. The molecule has 5 heterocycles. The Balaban J connectivity index is 0.735. The van der Waals surface area contributed by atoms with Crippen LogP contribution in [-0.4, -0.2) is 94.6 Å². The molecule has 3 aromatic rings. The number of carbonyl (C=O) groups is 5. The van der Waals surface area contributed by atoms with E-state index in [0.29, 0.717) is 46.1 Å². The molecule has 12 nitrogen and oxygen atoms in total. The zero-order chi connectivity index (χ0) is 40.8. The number of fused-ring (bicyclic) bond motifs is 2. The van der Waals surface area contributed by atoms with Crippen LogP contribution in [-0.2, 0) is 16.1 Å². The van der Waals surface area contributed by atoms with E-state index >= 15 is 0 Å². The van der Waals surface area contributed by atoms with Gasteiger partial charge in [-0.05, 0) is 119 Å². The molecule has 13 heteroatoms. The molecule has 59 heavy (non-hydrogen) atoms. The highest BCUT2D eigenvalue weighted by molar-refractivity contribution is 6.33. The van der Waals surface area contributed by atoms with Crippen LogP contribution in [0.5, 0.6) is 5.75 Å². The first-order chi connectivity index (χ1) is 28.6. The molecule has 5 aliphatic heterocycles. The van der Waals surface area contributed by atoms with Gasteiger partial charge in [-0.2, -0.15) is 0 Å². The highest BCUT2D eigenvalue weighted by atomic mass is 35.5. The first kappa shape index (κ1) is 38.8. The van der Waals surface area contributed by atoms with Gasteiger partial charge in [0.05, 0.1) is 28.8 Å². The van der Waals surface area contributed by atoms with Crippen LogP contribution in [0, 0.1) is 24.3 Å². The Morgan fingerprint density at radius 1 is 0.746 bits per heavy atom. The third kappa shape index (κ3) is 7.68. The number of imide groups is 2. The van der Waals surface area contributed by atoms with Gasteiger partial charge in [0.2, 0.25) is 17.5 Å². The molecule has 1 saturated carbocycles. The summed E-state index contributed by atoms with van der Waals surface area (Å²) in [4.78, 5) is 75.5. The topological polar surface area (TPSA) is 124 Å². The smallest absolute Gasteiger partial charge is 0.262 e. The average Bonchev–Trinajstić information content (AvgIpc) is 3.71. The molecule has 0 bridgehead atoms. The highest BCUT2D eigenvalue weighted by Crippen LogP contribution is 2.36. The quantitative estimate of drug-likeness (QED) is 0.173. The number of carbonyl (C=O) groups excluding carboxylic acids is 5. The van der Waals surface area contributed by atoms with Crippen molar-refractivity contribution < 1.29 is 28.7 Å². The van der Waals surface area contributed by atoms with Crippen LogP contribution in [0.25, 0.3) is 4.85 Å². The molecule has 3 aromatic carbocycles. The molecule has 9 rings (SSSR count). The van der Waals surface area contributed by atoms with Gasteiger partial charge in [-0.1, -0.05) is 35.6 Å². The van der Waals surface area contributed by atoms with Crippen molar-refractivity contribution in [2.75, 3.05) is 31.1 Å². The maximum atomic E-state index is 13.6. The van der Waals surface area contributed by atoms with E-state index in [9.17, 15) is 24.0 Å². The maximum Gasteiger partial charge on any atom is 0.262 e. The molecule has 1 unspecified atom stereocenters. The third-order valence-electron chi connectivity index (χ3n) is 13.1. The second-order valence-electron chi connectivity index (χ2n) is 16.6. The van der Waals surface area contributed by atoms with Crippen LogP contribution in [0.3, 0.4) is 0 Å². The molecular formula is C46H45ClN6O6. The number of benzene rings is 3. The fourth-order valence-corrected chi connectivity index (χ4v) is 9.97. The van der Waals surface area contributed by atoms with Crippen LogP contribution in [0.4, 0.5) is 11.4 Å². The Morgan fingerprint density at radius 2 is 1.51 bits per heavy atom. The minimum absolute atomic E-state index is 0.0529. The molecule has 0 spiro atoms. The fraction of sp³-hybridized carbons (Fsp3) is 0.435. The predicted octanol–water partition coefficient (Wildman–Crippen LogP) is 6.37. The number of anilines is 1. The summed E-state index contributed by atoms with van der Waals surface area (Å²) in [5.74, 6) is 6.02. The number of piperidine rings is 3. The Morgan fingerprint density at radius 3 is 2.24 bits per heavy atom. The van der Waals surface area contributed by atoms with E-state index in [1.807, 2.05) is 23.1 Å². The monoisotopic (exact) mass is 812 g/mol. The maximum absolute atomic E-state index is 13.6. The Bertz CT molecular complexity index is 2340. The lowest BCUT2D eigenvalue weighted by Crippen LogP contribution is -2.54. The van der Waals surface area contributed by atoms with E-state index in [4.69, 9.17) is 22.9 Å². The van der Waals surface area contributed by atoms with Crippen molar-refractivity contribution in [2.24, 2.45) is 5.92 Å². The Kier molecular flexibility index (Phi) is 10.6. The van der Waals surface area contributed by atoms with Gasteiger partial charge in [0, 0.05) is 60.9 Å². The van der Waals surface area contributed by atoms with Crippen LogP contribution in [0.2, 0.25) is 5.02 Å². The van der Waals surface area contributed by atoms with Gasteiger partial charge in [0.25, 0.3) is 17.7 Å². The molecule has 0 radical (unpaired) electrons. The SMILES string of the molecule is [C-]#[N+]c1ccc(OC2CCC(N3Cc4ccc(C#CC5CCN(C6CCN(c7ccc8c(c7)C(=O)N(C7CCC(=O)NC7=O)C8=O)CC6)CC5)cc4C3=O)CC2)cc1Cl. The third-order valence-corrected chi connectivity index (χ3v) is 13.4. The normalized spacial score (nSPS) is 24.0. The van der Waals surface area contributed by atoms with E-state index in [0.717, 1.165) is 105 Å². The number of nitrogens with zero attached hydrogens (tertiary/aromatic N) is 5. The summed E-state index contributed by atoms with van der Waals surface area (Å²) in [6, 6.07) is 16.3. The van der Waals surface area contributed by atoms with Gasteiger partial charge in [-0.3, -0.25) is 34.2 Å². The summed E-state index contributed by atoms with van der Waals surface area (Å²) in [5.41, 5.74) is 4.62. The molecule has 1 N–H and O–H groups in total. The second-order valence-corrected chi connectivity index (χ2v) is 17.0. The number of hydrogen-bond donors (Lipinski definition) is 1.